The lowest BCUT2D eigenvalue weighted by Crippen LogP contribution is -2.37. The monoisotopic (exact) mass is 441 g/mol. The van der Waals surface area contributed by atoms with Gasteiger partial charge in [0.25, 0.3) is 0 Å². The third kappa shape index (κ3) is 8.08. The number of likely N-dealkylation sites (tertiary alicyclic amines) is 1. The highest BCUT2D eigenvalue weighted by Gasteiger charge is 2.15. The van der Waals surface area contributed by atoms with Gasteiger partial charge in [-0.2, -0.15) is 0 Å². The Labute approximate surface area is 193 Å². The van der Waals surface area contributed by atoms with Crippen LogP contribution in [-0.4, -0.2) is 61.0 Å². The lowest BCUT2D eigenvalue weighted by Gasteiger charge is -2.26. The van der Waals surface area contributed by atoms with Crippen LogP contribution in [-0.2, 0) is 13.0 Å². The molecular weight excluding hydrogens is 402 g/mol. The Kier molecular flexibility index (Phi) is 10.3. The van der Waals surface area contributed by atoms with Crippen LogP contribution in [0.2, 0.25) is 0 Å². The van der Waals surface area contributed by atoms with E-state index in [1.807, 2.05) is 30.5 Å². The Balaban J connectivity index is 1.43. The van der Waals surface area contributed by atoms with E-state index < -0.39 is 6.10 Å². The number of hydrogen-bond donors (Lipinski definition) is 2. The first-order chi connectivity index (χ1) is 15.7. The predicted molar refractivity (Wildman–Crippen MR) is 128 cm³/mol. The molecule has 1 aliphatic heterocycles. The van der Waals surface area contributed by atoms with Crippen molar-refractivity contribution in [2.75, 3.05) is 39.9 Å². The second-order valence-electron chi connectivity index (χ2n) is 8.71. The maximum Gasteiger partial charge on any atom is 0.161 e. The van der Waals surface area contributed by atoms with Gasteiger partial charge in [0.05, 0.1) is 7.11 Å². The average Bonchev–Trinajstić information content (AvgIpc) is 2.78. The number of nitrogens with zero attached hydrogens (tertiary/aromatic N) is 2. The molecular formula is C26H39N3O3. The number of rotatable bonds is 11. The zero-order valence-corrected chi connectivity index (χ0v) is 19.7. The molecule has 1 aromatic carbocycles. The maximum absolute atomic E-state index is 10.5. The smallest absolute Gasteiger partial charge is 0.161 e. The average molecular weight is 442 g/mol. The minimum atomic E-state index is -0.504. The summed E-state index contributed by atoms with van der Waals surface area (Å²) in [6.07, 6.45) is 8.62. The van der Waals surface area contributed by atoms with Crippen LogP contribution < -0.4 is 14.8 Å². The number of methoxy groups -OCH3 is 1. The van der Waals surface area contributed by atoms with E-state index in [2.05, 4.69) is 28.2 Å². The van der Waals surface area contributed by atoms with Crippen molar-refractivity contribution in [3.63, 3.8) is 0 Å². The Morgan fingerprint density at radius 2 is 1.88 bits per heavy atom. The number of aliphatic hydroxyl groups is 1. The summed E-state index contributed by atoms with van der Waals surface area (Å²) >= 11 is 0. The fourth-order valence-electron chi connectivity index (χ4n) is 4.19. The molecule has 0 bridgehead atoms. The molecule has 0 radical (unpaired) electrons. The summed E-state index contributed by atoms with van der Waals surface area (Å²) in [5.41, 5.74) is 3.50. The first kappa shape index (κ1) is 24.5. The zero-order valence-electron chi connectivity index (χ0n) is 19.7. The van der Waals surface area contributed by atoms with Crippen molar-refractivity contribution >= 4 is 0 Å². The number of aromatic nitrogens is 1. The number of nitrogens with one attached hydrogen (secondary N) is 1. The van der Waals surface area contributed by atoms with Crippen LogP contribution in [0.1, 0.15) is 48.9 Å². The van der Waals surface area contributed by atoms with Crippen molar-refractivity contribution in [1.82, 2.24) is 15.2 Å². The number of pyridine rings is 1. The van der Waals surface area contributed by atoms with Crippen molar-refractivity contribution < 1.29 is 14.6 Å². The van der Waals surface area contributed by atoms with Gasteiger partial charge in [0.1, 0.15) is 12.7 Å². The first-order valence-corrected chi connectivity index (χ1v) is 12.0. The number of aryl methyl sites for hydroxylation is 1. The van der Waals surface area contributed by atoms with Crippen LogP contribution in [0.15, 0.2) is 36.5 Å². The van der Waals surface area contributed by atoms with Gasteiger partial charge in [-0.05, 0) is 62.2 Å². The molecule has 6 nitrogen and oxygen atoms in total. The fourth-order valence-corrected chi connectivity index (χ4v) is 4.19. The molecule has 1 unspecified atom stereocenters. The topological polar surface area (TPSA) is 66.8 Å². The lowest BCUT2D eigenvalue weighted by atomic mass is 10.1. The summed E-state index contributed by atoms with van der Waals surface area (Å²) in [7, 11) is 1.65. The van der Waals surface area contributed by atoms with Crippen LogP contribution in [0.3, 0.4) is 0 Å². The summed E-state index contributed by atoms with van der Waals surface area (Å²) in [4.78, 5) is 6.81. The minimum absolute atomic E-state index is 0.272. The molecule has 6 heteroatoms. The molecule has 3 rings (SSSR count). The molecule has 176 valence electrons. The molecule has 1 aliphatic rings. The Morgan fingerprint density at radius 3 is 2.62 bits per heavy atom. The van der Waals surface area contributed by atoms with Gasteiger partial charge >= 0.3 is 0 Å². The molecule has 0 saturated carbocycles. The molecule has 0 amide bonds. The number of benzene rings is 1. The van der Waals surface area contributed by atoms with Gasteiger partial charge in [-0.25, -0.2) is 0 Å². The second kappa shape index (κ2) is 13.4. The van der Waals surface area contributed by atoms with E-state index in [0.717, 1.165) is 43.9 Å². The highest BCUT2D eigenvalue weighted by atomic mass is 16.5. The Morgan fingerprint density at radius 1 is 1.09 bits per heavy atom. The van der Waals surface area contributed by atoms with Gasteiger partial charge in [-0.1, -0.05) is 31.4 Å². The minimum Gasteiger partial charge on any atom is -0.493 e. The largest absolute Gasteiger partial charge is 0.493 e. The summed E-state index contributed by atoms with van der Waals surface area (Å²) in [6.45, 7) is 6.79. The summed E-state index contributed by atoms with van der Waals surface area (Å²) in [5, 5.41) is 13.9. The van der Waals surface area contributed by atoms with E-state index in [1.165, 1.54) is 37.7 Å². The number of aliphatic hydroxyl groups excluding tert-OH is 1. The van der Waals surface area contributed by atoms with Crippen LogP contribution in [0.5, 0.6) is 11.5 Å². The standard InChI is InChI=1S/C26H39N3O3/c1-21-9-8-13-28-24(21)12-14-27-18-22-10-11-25(26(17-22)31-2)32-20-23(30)19-29-15-6-4-3-5-7-16-29/h8-11,13,17,23,27,30H,3-7,12,14-16,18-20H2,1-2H3. The van der Waals surface area contributed by atoms with Gasteiger partial charge in [-0.15, -0.1) is 0 Å². The molecule has 1 fully saturated rings. The number of hydrogen-bond acceptors (Lipinski definition) is 6. The summed E-state index contributed by atoms with van der Waals surface area (Å²) in [6, 6.07) is 10.0. The SMILES string of the molecule is COc1cc(CNCCc2ncccc2C)ccc1OCC(O)CN1CCCCCCC1. The molecule has 32 heavy (non-hydrogen) atoms. The summed E-state index contributed by atoms with van der Waals surface area (Å²) < 4.78 is 11.4. The van der Waals surface area contributed by atoms with Crippen molar-refractivity contribution in [2.45, 2.75) is 58.1 Å². The van der Waals surface area contributed by atoms with Crippen molar-refractivity contribution in [3.8, 4) is 11.5 Å². The molecule has 1 atom stereocenters. The van der Waals surface area contributed by atoms with E-state index in [1.54, 1.807) is 7.11 Å². The second-order valence-corrected chi connectivity index (χ2v) is 8.71. The summed E-state index contributed by atoms with van der Waals surface area (Å²) in [5.74, 6) is 1.37. The normalized spacial score (nSPS) is 16.2. The predicted octanol–water partition coefficient (Wildman–Crippen LogP) is 3.74. The maximum atomic E-state index is 10.5. The van der Waals surface area contributed by atoms with Crippen LogP contribution >= 0.6 is 0 Å². The van der Waals surface area contributed by atoms with E-state index in [4.69, 9.17) is 9.47 Å². The lowest BCUT2D eigenvalue weighted by molar-refractivity contribution is 0.0645. The molecule has 1 aromatic heterocycles. The molecule has 2 N–H and O–H groups in total. The quantitative estimate of drug-likeness (QED) is 0.518. The van der Waals surface area contributed by atoms with Gasteiger partial charge < -0.3 is 24.8 Å². The number of ether oxygens (including phenoxy) is 2. The molecule has 0 aliphatic carbocycles. The van der Waals surface area contributed by atoms with Crippen LogP contribution in [0, 0.1) is 6.92 Å². The van der Waals surface area contributed by atoms with Crippen molar-refractivity contribution in [1.29, 1.82) is 0 Å². The molecule has 0 spiro atoms. The van der Waals surface area contributed by atoms with E-state index >= 15 is 0 Å². The van der Waals surface area contributed by atoms with E-state index in [0.29, 0.717) is 18.0 Å². The highest BCUT2D eigenvalue weighted by Crippen LogP contribution is 2.28. The van der Waals surface area contributed by atoms with Gasteiger partial charge in [0.15, 0.2) is 11.5 Å². The van der Waals surface area contributed by atoms with Crippen molar-refractivity contribution in [2.24, 2.45) is 0 Å². The molecule has 2 aromatic rings. The number of β-amino-alcohol motifs (C(OH)–C–C–N with tert-alkyl or cyclic N) is 1. The Bertz CT molecular complexity index is 807. The van der Waals surface area contributed by atoms with Crippen molar-refractivity contribution in [3.05, 3.63) is 53.3 Å². The van der Waals surface area contributed by atoms with E-state index in [-0.39, 0.29) is 6.61 Å². The van der Waals surface area contributed by atoms with Gasteiger partial charge in [-0.3, -0.25) is 4.98 Å². The van der Waals surface area contributed by atoms with Crippen LogP contribution in [0.4, 0.5) is 0 Å². The zero-order chi connectivity index (χ0) is 22.6. The van der Waals surface area contributed by atoms with Gasteiger partial charge in [0, 0.05) is 37.9 Å². The molecule has 1 saturated heterocycles. The van der Waals surface area contributed by atoms with Gasteiger partial charge in [0.2, 0.25) is 0 Å². The third-order valence-corrected chi connectivity index (χ3v) is 6.06. The third-order valence-electron chi connectivity index (χ3n) is 6.06. The fraction of sp³-hybridized carbons (Fsp3) is 0.577. The van der Waals surface area contributed by atoms with E-state index in [9.17, 15) is 5.11 Å². The Hall–Kier alpha value is -2.15. The van der Waals surface area contributed by atoms with Crippen LogP contribution in [0.25, 0.3) is 0 Å². The highest BCUT2D eigenvalue weighted by molar-refractivity contribution is 5.43. The first-order valence-electron chi connectivity index (χ1n) is 12.0. The molecule has 2 heterocycles.